The number of hydrogen-bond donors (Lipinski definition) is 0. The van der Waals surface area contributed by atoms with Gasteiger partial charge in [0, 0.05) is 22.6 Å². The Balaban J connectivity index is 2.72. The van der Waals surface area contributed by atoms with Crippen molar-refractivity contribution in [3.8, 4) is 0 Å². The van der Waals surface area contributed by atoms with Gasteiger partial charge in [-0.25, -0.2) is 0 Å². The molecule has 0 fully saturated rings. The van der Waals surface area contributed by atoms with Crippen LogP contribution in [0.15, 0.2) is 35.3 Å². The van der Waals surface area contributed by atoms with Gasteiger partial charge in [0.15, 0.2) is 0 Å². The van der Waals surface area contributed by atoms with E-state index in [2.05, 4.69) is 4.99 Å². The lowest BCUT2D eigenvalue weighted by atomic mass is 10.3. The van der Waals surface area contributed by atoms with E-state index in [1.165, 1.54) is 6.21 Å². The maximum absolute atomic E-state index is 10.5. The minimum Gasteiger partial charge on any atom is -0.281 e. The van der Waals surface area contributed by atoms with Crippen LogP contribution in [0.25, 0.3) is 0 Å². The SMILES string of the molecule is O=C(I)C=Nc1ccccc1. The van der Waals surface area contributed by atoms with Crippen molar-refractivity contribution in [3.05, 3.63) is 30.3 Å². The van der Waals surface area contributed by atoms with Crippen LogP contribution in [-0.2, 0) is 4.79 Å². The molecule has 1 rings (SSSR count). The van der Waals surface area contributed by atoms with Gasteiger partial charge in [-0.3, -0.25) is 9.79 Å². The van der Waals surface area contributed by atoms with Gasteiger partial charge in [-0.1, -0.05) is 18.2 Å². The van der Waals surface area contributed by atoms with Crippen molar-refractivity contribution in [3.63, 3.8) is 0 Å². The number of carbonyl (C=O) groups excluding carboxylic acids is 1. The molecule has 0 saturated heterocycles. The molecule has 56 valence electrons. The van der Waals surface area contributed by atoms with Gasteiger partial charge < -0.3 is 0 Å². The number of aliphatic imine (C=N–C) groups is 1. The summed E-state index contributed by atoms with van der Waals surface area (Å²) in [5.74, 6) is 0. The Morgan fingerprint density at radius 2 is 2.00 bits per heavy atom. The van der Waals surface area contributed by atoms with Crippen LogP contribution in [0.2, 0.25) is 0 Å². The largest absolute Gasteiger partial charge is 0.281 e. The second-order valence-electron chi connectivity index (χ2n) is 1.90. The molecule has 0 N–H and O–H groups in total. The first-order chi connectivity index (χ1) is 5.29. The molecule has 1 aromatic carbocycles. The summed E-state index contributed by atoms with van der Waals surface area (Å²) < 4.78 is -0.0635. The first-order valence-corrected chi connectivity index (χ1v) is 4.15. The molecule has 3 heteroatoms. The summed E-state index contributed by atoms with van der Waals surface area (Å²) >= 11 is 1.68. The Kier molecular flexibility index (Phi) is 3.22. The van der Waals surface area contributed by atoms with Gasteiger partial charge in [-0.15, -0.1) is 0 Å². The van der Waals surface area contributed by atoms with Crippen molar-refractivity contribution in [2.24, 2.45) is 4.99 Å². The van der Waals surface area contributed by atoms with Gasteiger partial charge in [0.2, 0.25) is 3.79 Å². The van der Waals surface area contributed by atoms with Gasteiger partial charge in [0.25, 0.3) is 0 Å². The number of hydrogen-bond acceptors (Lipinski definition) is 2. The minimum absolute atomic E-state index is 0.0635. The second-order valence-corrected chi connectivity index (χ2v) is 2.96. The van der Waals surface area contributed by atoms with E-state index in [0.717, 1.165) is 5.69 Å². The lowest BCUT2D eigenvalue weighted by Gasteiger charge is -1.87. The lowest BCUT2D eigenvalue weighted by molar-refractivity contribution is -0.103. The van der Waals surface area contributed by atoms with E-state index in [9.17, 15) is 4.79 Å². The molecule has 2 nitrogen and oxygen atoms in total. The molecule has 0 bridgehead atoms. The van der Waals surface area contributed by atoms with Crippen LogP contribution in [0.5, 0.6) is 0 Å². The molecule has 0 radical (unpaired) electrons. The Morgan fingerprint density at radius 1 is 1.36 bits per heavy atom. The smallest absolute Gasteiger partial charge is 0.233 e. The highest BCUT2D eigenvalue weighted by molar-refractivity contribution is 14.1. The summed E-state index contributed by atoms with van der Waals surface area (Å²) in [5.41, 5.74) is 0.803. The zero-order valence-corrected chi connectivity index (χ0v) is 7.86. The first-order valence-electron chi connectivity index (χ1n) is 3.07. The molecule has 11 heavy (non-hydrogen) atoms. The van der Waals surface area contributed by atoms with Crippen LogP contribution < -0.4 is 0 Å². The second kappa shape index (κ2) is 4.23. The van der Waals surface area contributed by atoms with E-state index < -0.39 is 0 Å². The number of halogens is 1. The van der Waals surface area contributed by atoms with Crippen LogP contribution >= 0.6 is 22.6 Å². The maximum Gasteiger partial charge on any atom is 0.233 e. The van der Waals surface area contributed by atoms with Gasteiger partial charge >= 0.3 is 0 Å². The van der Waals surface area contributed by atoms with Crippen molar-refractivity contribution < 1.29 is 4.79 Å². The number of nitrogens with zero attached hydrogens (tertiary/aromatic N) is 1. The molecule has 0 unspecified atom stereocenters. The van der Waals surface area contributed by atoms with Gasteiger partial charge in [-0.05, 0) is 12.1 Å². The topological polar surface area (TPSA) is 29.4 Å². The van der Waals surface area contributed by atoms with Crippen molar-refractivity contribution >= 4 is 38.3 Å². The first kappa shape index (κ1) is 8.39. The number of carbonyl (C=O) groups is 1. The van der Waals surface area contributed by atoms with Crippen molar-refractivity contribution in [2.45, 2.75) is 0 Å². The molecular formula is C8H6INO. The summed E-state index contributed by atoms with van der Waals surface area (Å²) in [5, 5.41) is 0. The predicted octanol–water partition coefficient (Wildman–Crippen LogP) is 2.35. The maximum atomic E-state index is 10.5. The van der Waals surface area contributed by atoms with Crippen LogP contribution in [0.3, 0.4) is 0 Å². The quantitative estimate of drug-likeness (QED) is 0.455. The van der Waals surface area contributed by atoms with E-state index in [1.54, 1.807) is 22.6 Å². The molecule has 0 spiro atoms. The van der Waals surface area contributed by atoms with E-state index in [-0.39, 0.29) is 3.79 Å². The minimum atomic E-state index is -0.0635. The monoisotopic (exact) mass is 259 g/mol. The number of benzene rings is 1. The van der Waals surface area contributed by atoms with Crippen molar-refractivity contribution in [2.75, 3.05) is 0 Å². The van der Waals surface area contributed by atoms with Gasteiger partial charge in [-0.2, -0.15) is 0 Å². The van der Waals surface area contributed by atoms with Gasteiger partial charge in [0.1, 0.15) is 0 Å². The molecule has 0 atom stereocenters. The standard InChI is InChI=1S/C8H6INO/c9-8(11)6-10-7-4-2-1-3-5-7/h1-6H. The molecule has 0 aliphatic rings. The third-order valence-corrected chi connectivity index (χ3v) is 1.35. The van der Waals surface area contributed by atoms with E-state index in [1.807, 2.05) is 30.3 Å². The molecule has 0 aliphatic heterocycles. The molecule has 0 heterocycles. The summed E-state index contributed by atoms with van der Waals surface area (Å²) in [6.07, 6.45) is 1.30. The zero-order valence-electron chi connectivity index (χ0n) is 5.70. The fourth-order valence-corrected chi connectivity index (χ4v) is 0.779. The Morgan fingerprint density at radius 3 is 2.55 bits per heavy atom. The van der Waals surface area contributed by atoms with E-state index in [4.69, 9.17) is 0 Å². The fourth-order valence-electron chi connectivity index (χ4n) is 0.639. The summed E-state index contributed by atoms with van der Waals surface area (Å²) in [6.45, 7) is 0. The molecule has 1 aromatic rings. The molecule has 0 saturated carbocycles. The number of rotatable bonds is 2. The number of para-hydroxylation sites is 1. The van der Waals surface area contributed by atoms with Crippen molar-refractivity contribution in [1.29, 1.82) is 0 Å². The van der Waals surface area contributed by atoms with Crippen molar-refractivity contribution in [1.82, 2.24) is 0 Å². The summed E-state index contributed by atoms with van der Waals surface area (Å²) in [7, 11) is 0. The average Bonchev–Trinajstić information content (AvgIpc) is 2.03. The zero-order chi connectivity index (χ0) is 8.10. The van der Waals surface area contributed by atoms with E-state index >= 15 is 0 Å². The van der Waals surface area contributed by atoms with E-state index in [0.29, 0.717) is 0 Å². The Labute approximate surface area is 78.5 Å². The molecule has 0 aliphatic carbocycles. The predicted molar refractivity (Wildman–Crippen MR) is 53.6 cm³/mol. The lowest BCUT2D eigenvalue weighted by Crippen LogP contribution is -1.82. The van der Waals surface area contributed by atoms with Crippen LogP contribution in [-0.4, -0.2) is 10.0 Å². The molecular weight excluding hydrogens is 253 g/mol. The highest BCUT2D eigenvalue weighted by Crippen LogP contribution is 2.08. The molecule has 0 aromatic heterocycles. The fraction of sp³-hybridized carbons (Fsp3) is 0. The average molecular weight is 259 g/mol. The molecule has 0 amide bonds. The Hall–Kier alpha value is -0.710. The third-order valence-electron chi connectivity index (χ3n) is 1.07. The van der Waals surface area contributed by atoms with Gasteiger partial charge in [0.05, 0.1) is 11.9 Å². The highest BCUT2D eigenvalue weighted by Gasteiger charge is 1.86. The van der Waals surface area contributed by atoms with Crippen LogP contribution in [0.1, 0.15) is 0 Å². The Bertz CT molecular complexity index is 269. The van der Waals surface area contributed by atoms with Crippen LogP contribution in [0, 0.1) is 0 Å². The summed E-state index contributed by atoms with van der Waals surface area (Å²) in [6, 6.07) is 9.35. The normalized spacial score (nSPS) is 10.3. The third kappa shape index (κ3) is 3.27. The van der Waals surface area contributed by atoms with Crippen LogP contribution in [0.4, 0.5) is 5.69 Å². The summed E-state index contributed by atoms with van der Waals surface area (Å²) in [4.78, 5) is 14.4. The highest BCUT2D eigenvalue weighted by atomic mass is 127.